The van der Waals surface area contributed by atoms with Crippen molar-refractivity contribution in [2.75, 3.05) is 18.0 Å². The molecule has 1 aliphatic carbocycles. The zero-order valence-electron chi connectivity index (χ0n) is 15.8. The fourth-order valence-electron chi connectivity index (χ4n) is 3.58. The minimum absolute atomic E-state index is 0.177. The van der Waals surface area contributed by atoms with Crippen molar-refractivity contribution in [2.24, 2.45) is 0 Å². The Labute approximate surface area is 174 Å². The van der Waals surface area contributed by atoms with Crippen molar-refractivity contribution in [3.05, 3.63) is 53.2 Å². The van der Waals surface area contributed by atoms with E-state index in [2.05, 4.69) is 10.3 Å². The van der Waals surface area contributed by atoms with E-state index in [0.29, 0.717) is 28.7 Å². The first kappa shape index (κ1) is 19.5. The van der Waals surface area contributed by atoms with Gasteiger partial charge in [-0.1, -0.05) is 17.7 Å². The van der Waals surface area contributed by atoms with Crippen LogP contribution in [0.15, 0.2) is 42.6 Å². The average Bonchev–Trinajstić information content (AvgIpc) is 3.36. The second-order valence-corrected chi connectivity index (χ2v) is 7.65. The third-order valence-electron chi connectivity index (χ3n) is 5.07. The number of pyridine rings is 1. The van der Waals surface area contributed by atoms with Crippen LogP contribution in [0.2, 0.25) is 5.02 Å². The highest BCUT2D eigenvalue weighted by Gasteiger charge is 2.32. The lowest BCUT2D eigenvalue weighted by Gasteiger charge is -2.14. The number of anilines is 1. The highest BCUT2D eigenvalue weighted by molar-refractivity contribution is 6.30. The SMILES string of the molecule is O=C(NC[C@H]1CN(c2cccc(Cl)c2)C(=O)O1)c1ccnc(OC2CCCC2)c1. The van der Waals surface area contributed by atoms with Crippen LogP contribution in [0, 0.1) is 0 Å². The van der Waals surface area contributed by atoms with Crippen LogP contribution in [0.4, 0.5) is 10.5 Å². The van der Waals surface area contributed by atoms with Gasteiger partial charge in [-0.15, -0.1) is 0 Å². The van der Waals surface area contributed by atoms with Gasteiger partial charge >= 0.3 is 6.09 Å². The van der Waals surface area contributed by atoms with E-state index in [4.69, 9.17) is 21.1 Å². The van der Waals surface area contributed by atoms with Gasteiger partial charge in [-0.2, -0.15) is 0 Å². The van der Waals surface area contributed by atoms with Crippen LogP contribution in [-0.4, -0.2) is 42.3 Å². The summed E-state index contributed by atoms with van der Waals surface area (Å²) in [6.07, 6.45) is 5.22. The molecule has 0 radical (unpaired) electrons. The van der Waals surface area contributed by atoms with Gasteiger partial charge in [0, 0.05) is 28.5 Å². The molecule has 1 saturated heterocycles. The summed E-state index contributed by atoms with van der Waals surface area (Å²) in [5, 5.41) is 3.36. The summed E-state index contributed by atoms with van der Waals surface area (Å²) in [5.74, 6) is 0.199. The number of aromatic nitrogens is 1. The number of nitrogens with zero attached hydrogens (tertiary/aromatic N) is 2. The number of amides is 2. The number of carbonyl (C=O) groups excluding carboxylic acids is 2. The molecule has 0 bridgehead atoms. The van der Waals surface area contributed by atoms with Gasteiger partial charge in [0.05, 0.1) is 13.1 Å². The molecule has 1 saturated carbocycles. The maximum Gasteiger partial charge on any atom is 0.414 e. The topological polar surface area (TPSA) is 80.8 Å². The minimum atomic E-state index is -0.456. The lowest BCUT2D eigenvalue weighted by Crippen LogP contribution is -2.34. The van der Waals surface area contributed by atoms with E-state index in [9.17, 15) is 9.59 Å². The normalized spacial score (nSPS) is 19.3. The van der Waals surface area contributed by atoms with Gasteiger partial charge in [-0.25, -0.2) is 9.78 Å². The third kappa shape index (κ3) is 4.79. The standard InChI is InChI=1S/C21H22ClN3O4/c22-15-4-3-5-16(11-15)25-13-18(29-21(25)27)12-24-20(26)14-8-9-23-19(10-14)28-17-6-1-2-7-17/h3-5,8-11,17-18H,1-2,6-7,12-13H2,(H,24,26)/t18-/m0/s1. The first-order valence-corrected chi connectivity index (χ1v) is 10.1. The molecule has 1 aliphatic heterocycles. The molecule has 2 aliphatic rings. The van der Waals surface area contributed by atoms with Crippen LogP contribution in [0.5, 0.6) is 5.88 Å². The molecular formula is C21H22ClN3O4. The van der Waals surface area contributed by atoms with Crippen molar-refractivity contribution in [1.29, 1.82) is 0 Å². The van der Waals surface area contributed by atoms with E-state index in [-0.39, 0.29) is 18.6 Å². The predicted molar refractivity (Wildman–Crippen MR) is 109 cm³/mol. The number of nitrogens with one attached hydrogen (secondary N) is 1. The molecule has 8 heteroatoms. The summed E-state index contributed by atoms with van der Waals surface area (Å²) in [5.41, 5.74) is 1.13. The smallest absolute Gasteiger partial charge is 0.414 e. The molecule has 152 valence electrons. The van der Waals surface area contributed by atoms with E-state index in [0.717, 1.165) is 25.7 Å². The molecule has 1 aromatic heterocycles. The van der Waals surface area contributed by atoms with Crippen molar-refractivity contribution in [1.82, 2.24) is 10.3 Å². The summed E-state index contributed by atoms with van der Waals surface area (Å²) < 4.78 is 11.2. The van der Waals surface area contributed by atoms with Gasteiger partial charge in [-0.3, -0.25) is 9.69 Å². The Hall–Kier alpha value is -2.80. The molecule has 29 heavy (non-hydrogen) atoms. The Morgan fingerprint density at radius 2 is 2.10 bits per heavy atom. The zero-order chi connectivity index (χ0) is 20.2. The Morgan fingerprint density at radius 3 is 2.90 bits per heavy atom. The highest BCUT2D eigenvalue weighted by atomic mass is 35.5. The van der Waals surface area contributed by atoms with Crippen molar-refractivity contribution in [2.45, 2.75) is 37.9 Å². The summed E-state index contributed by atoms with van der Waals surface area (Å²) in [4.78, 5) is 30.3. The van der Waals surface area contributed by atoms with Crippen molar-refractivity contribution in [3.63, 3.8) is 0 Å². The largest absolute Gasteiger partial charge is 0.474 e. The maximum absolute atomic E-state index is 12.5. The number of cyclic esters (lactones) is 1. The van der Waals surface area contributed by atoms with Gasteiger partial charge in [0.2, 0.25) is 5.88 Å². The van der Waals surface area contributed by atoms with Gasteiger partial charge in [0.25, 0.3) is 5.91 Å². The molecule has 7 nitrogen and oxygen atoms in total. The molecule has 2 aromatic rings. The minimum Gasteiger partial charge on any atom is -0.474 e. The van der Waals surface area contributed by atoms with Crippen molar-refractivity contribution >= 4 is 29.3 Å². The monoisotopic (exact) mass is 415 g/mol. The summed E-state index contributed by atoms with van der Waals surface area (Å²) in [6.45, 7) is 0.550. The van der Waals surface area contributed by atoms with Gasteiger partial charge in [0.1, 0.15) is 12.2 Å². The van der Waals surface area contributed by atoms with Crippen LogP contribution in [0.25, 0.3) is 0 Å². The van der Waals surface area contributed by atoms with Crippen LogP contribution < -0.4 is 15.0 Å². The lowest BCUT2D eigenvalue weighted by molar-refractivity contribution is 0.0915. The second kappa shape index (κ2) is 8.69. The summed E-state index contributed by atoms with van der Waals surface area (Å²) in [6, 6.07) is 10.3. The van der Waals surface area contributed by atoms with Crippen LogP contribution in [0.3, 0.4) is 0 Å². The number of hydrogen-bond donors (Lipinski definition) is 1. The predicted octanol–water partition coefficient (Wildman–Crippen LogP) is 3.81. The van der Waals surface area contributed by atoms with Gasteiger partial charge in [-0.05, 0) is 49.9 Å². The molecule has 4 rings (SSSR count). The van der Waals surface area contributed by atoms with Crippen LogP contribution >= 0.6 is 11.6 Å². The van der Waals surface area contributed by atoms with Crippen LogP contribution in [-0.2, 0) is 4.74 Å². The highest BCUT2D eigenvalue weighted by Crippen LogP contribution is 2.25. The molecule has 1 atom stereocenters. The Bertz CT molecular complexity index is 901. The number of halogens is 1. The number of carbonyl (C=O) groups is 2. The Kier molecular flexibility index (Phi) is 5.85. The van der Waals surface area contributed by atoms with E-state index in [1.54, 1.807) is 42.6 Å². The van der Waals surface area contributed by atoms with E-state index in [1.807, 2.05) is 0 Å². The Morgan fingerprint density at radius 1 is 1.28 bits per heavy atom. The van der Waals surface area contributed by atoms with Crippen LogP contribution in [0.1, 0.15) is 36.0 Å². The quantitative estimate of drug-likeness (QED) is 0.775. The average molecular weight is 416 g/mol. The first-order valence-electron chi connectivity index (χ1n) is 9.73. The fraction of sp³-hybridized carbons (Fsp3) is 0.381. The molecule has 0 spiro atoms. The van der Waals surface area contributed by atoms with Gasteiger partial charge in [0.15, 0.2) is 0 Å². The zero-order valence-corrected chi connectivity index (χ0v) is 16.6. The summed E-state index contributed by atoms with van der Waals surface area (Å²) in [7, 11) is 0. The molecular weight excluding hydrogens is 394 g/mol. The maximum atomic E-state index is 12.5. The number of benzene rings is 1. The second-order valence-electron chi connectivity index (χ2n) is 7.21. The summed E-state index contributed by atoms with van der Waals surface area (Å²) >= 11 is 5.99. The molecule has 2 heterocycles. The Balaban J connectivity index is 1.32. The van der Waals surface area contributed by atoms with E-state index in [1.165, 1.54) is 4.90 Å². The molecule has 0 unspecified atom stereocenters. The molecule has 1 N–H and O–H groups in total. The number of ether oxygens (including phenoxy) is 2. The number of rotatable bonds is 6. The van der Waals surface area contributed by atoms with Gasteiger partial charge < -0.3 is 14.8 Å². The van der Waals surface area contributed by atoms with E-state index >= 15 is 0 Å². The van der Waals surface area contributed by atoms with Crippen molar-refractivity contribution < 1.29 is 19.1 Å². The fourth-order valence-corrected chi connectivity index (χ4v) is 3.77. The molecule has 1 aromatic carbocycles. The number of hydrogen-bond acceptors (Lipinski definition) is 5. The molecule has 2 fully saturated rings. The lowest BCUT2D eigenvalue weighted by atomic mass is 10.2. The molecule has 2 amide bonds. The van der Waals surface area contributed by atoms with Crippen molar-refractivity contribution in [3.8, 4) is 5.88 Å². The first-order chi connectivity index (χ1) is 14.1. The van der Waals surface area contributed by atoms with E-state index < -0.39 is 12.2 Å². The third-order valence-corrected chi connectivity index (χ3v) is 5.31.